The second kappa shape index (κ2) is 5.50. The molecule has 0 spiro atoms. The molecule has 2 aromatic rings. The molecule has 0 saturated heterocycles. The van der Waals surface area contributed by atoms with E-state index in [9.17, 15) is 8.42 Å². The minimum atomic E-state index is -3.58. The Hall–Kier alpha value is -1.86. The molecule has 0 aliphatic heterocycles. The Balaban J connectivity index is 1.81. The van der Waals surface area contributed by atoms with E-state index < -0.39 is 10.0 Å². The maximum atomic E-state index is 12.3. The number of nitrogens with one attached hydrogen (secondary N) is 3. The van der Waals surface area contributed by atoms with Gasteiger partial charge < -0.3 is 5.32 Å². The smallest absolute Gasteiger partial charge is 0.262 e. The Labute approximate surface area is 124 Å². The highest BCUT2D eigenvalue weighted by atomic mass is 32.2. The molecule has 1 saturated carbocycles. The predicted molar refractivity (Wildman–Crippen MR) is 80.4 cm³/mol. The van der Waals surface area contributed by atoms with E-state index in [1.54, 1.807) is 12.1 Å². The topological polar surface area (TPSA) is 86.9 Å². The summed E-state index contributed by atoms with van der Waals surface area (Å²) >= 11 is 0. The molecule has 1 heterocycles. The van der Waals surface area contributed by atoms with Crippen LogP contribution in [-0.2, 0) is 16.6 Å². The van der Waals surface area contributed by atoms with Crippen LogP contribution in [-0.4, -0.2) is 24.7 Å². The van der Waals surface area contributed by atoms with Crippen molar-refractivity contribution in [2.45, 2.75) is 37.2 Å². The molecule has 1 aromatic carbocycles. The highest BCUT2D eigenvalue weighted by Gasteiger charge is 2.21. The van der Waals surface area contributed by atoms with E-state index in [1.807, 2.05) is 13.0 Å². The maximum absolute atomic E-state index is 12.3. The number of H-pyrrole nitrogens is 1. The van der Waals surface area contributed by atoms with Crippen LogP contribution < -0.4 is 10.0 Å². The largest absolute Gasteiger partial charge is 0.310 e. The van der Waals surface area contributed by atoms with Crippen LogP contribution in [0.5, 0.6) is 0 Å². The van der Waals surface area contributed by atoms with Gasteiger partial charge in [0, 0.05) is 18.8 Å². The highest BCUT2D eigenvalue weighted by molar-refractivity contribution is 7.92. The number of benzene rings is 1. The molecule has 21 heavy (non-hydrogen) atoms. The average Bonchev–Trinajstić information content (AvgIpc) is 3.14. The van der Waals surface area contributed by atoms with E-state index >= 15 is 0 Å². The fraction of sp³-hybridized carbons (Fsp3) is 0.357. The van der Waals surface area contributed by atoms with E-state index in [2.05, 4.69) is 20.2 Å². The van der Waals surface area contributed by atoms with Crippen LogP contribution in [0.25, 0.3) is 0 Å². The lowest BCUT2D eigenvalue weighted by Crippen LogP contribution is -2.17. The zero-order valence-corrected chi connectivity index (χ0v) is 12.6. The van der Waals surface area contributed by atoms with Gasteiger partial charge >= 0.3 is 0 Å². The molecule has 1 fully saturated rings. The number of aromatic nitrogens is 2. The van der Waals surface area contributed by atoms with Gasteiger partial charge in [-0.2, -0.15) is 5.10 Å². The first-order valence-electron chi connectivity index (χ1n) is 6.89. The van der Waals surface area contributed by atoms with Crippen molar-refractivity contribution in [2.75, 3.05) is 4.72 Å². The second-order valence-corrected chi connectivity index (χ2v) is 7.02. The Morgan fingerprint density at radius 1 is 1.38 bits per heavy atom. The van der Waals surface area contributed by atoms with Gasteiger partial charge in [-0.15, -0.1) is 0 Å². The van der Waals surface area contributed by atoms with Crippen LogP contribution in [0.2, 0.25) is 0 Å². The third-order valence-electron chi connectivity index (χ3n) is 3.54. The van der Waals surface area contributed by atoms with Crippen LogP contribution in [0.3, 0.4) is 0 Å². The van der Waals surface area contributed by atoms with Gasteiger partial charge in [-0.3, -0.25) is 9.82 Å². The molecule has 1 aromatic heterocycles. The molecule has 3 rings (SSSR count). The molecule has 6 nitrogen and oxygen atoms in total. The summed E-state index contributed by atoms with van der Waals surface area (Å²) in [5.41, 5.74) is 2.52. The zero-order valence-electron chi connectivity index (χ0n) is 11.8. The Kier molecular flexibility index (Phi) is 3.69. The van der Waals surface area contributed by atoms with Crippen molar-refractivity contribution in [1.82, 2.24) is 15.5 Å². The standard InChI is InChI=1S/C14H18N4O2S/c1-10-2-5-14(6-11(10)7-15-12-3-4-12)21(19,20)18-13-8-16-17-9-13/h2,5-6,8-9,12,15,18H,3-4,7H2,1H3,(H,16,17). The SMILES string of the molecule is Cc1ccc(S(=O)(=O)Nc2cn[nH]c2)cc1CNC1CC1. The molecule has 0 amide bonds. The molecular weight excluding hydrogens is 288 g/mol. The lowest BCUT2D eigenvalue weighted by molar-refractivity contribution is 0.600. The Morgan fingerprint density at radius 2 is 2.19 bits per heavy atom. The van der Waals surface area contributed by atoms with Gasteiger partial charge in [0.15, 0.2) is 0 Å². The van der Waals surface area contributed by atoms with Crippen molar-refractivity contribution in [3.63, 3.8) is 0 Å². The summed E-state index contributed by atoms with van der Waals surface area (Å²) in [5.74, 6) is 0. The lowest BCUT2D eigenvalue weighted by atomic mass is 10.1. The predicted octanol–water partition coefficient (Wildman–Crippen LogP) is 1.77. The third kappa shape index (κ3) is 3.43. The number of sulfonamides is 1. The van der Waals surface area contributed by atoms with Crippen molar-refractivity contribution < 1.29 is 8.42 Å². The van der Waals surface area contributed by atoms with Crippen LogP contribution in [0.1, 0.15) is 24.0 Å². The first-order valence-corrected chi connectivity index (χ1v) is 8.37. The molecule has 1 aliphatic rings. The maximum Gasteiger partial charge on any atom is 0.262 e. The molecule has 0 radical (unpaired) electrons. The summed E-state index contributed by atoms with van der Waals surface area (Å²) in [4.78, 5) is 0.266. The van der Waals surface area contributed by atoms with E-state index in [4.69, 9.17) is 0 Å². The number of nitrogens with zero attached hydrogens (tertiary/aromatic N) is 1. The van der Waals surface area contributed by atoms with E-state index in [0.29, 0.717) is 18.3 Å². The summed E-state index contributed by atoms with van der Waals surface area (Å²) < 4.78 is 27.2. The fourth-order valence-corrected chi connectivity index (χ4v) is 3.15. The van der Waals surface area contributed by atoms with Crippen LogP contribution in [0.15, 0.2) is 35.5 Å². The number of hydrogen-bond donors (Lipinski definition) is 3. The van der Waals surface area contributed by atoms with Crippen LogP contribution in [0, 0.1) is 6.92 Å². The molecule has 7 heteroatoms. The first-order chi connectivity index (χ1) is 10.0. The van der Waals surface area contributed by atoms with Crippen molar-refractivity contribution in [3.8, 4) is 0 Å². The number of hydrogen-bond acceptors (Lipinski definition) is 4. The summed E-state index contributed by atoms with van der Waals surface area (Å²) in [7, 11) is -3.58. The highest BCUT2D eigenvalue weighted by Crippen LogP contribution is 2.22. The Morgan fingerprint density at radius 3 is 2.86 bits per heavy atom. The number of anilines is 1. The molecule has 0 bridgehead atoms. The lowest BCUT2D eigenvalue weighted by Gasteiger charge is -2.11. The van der Waals surface area contributed by atoms with Crippen molar-refractivity contribution in [1.29, 1.82) is 0 Å². The molecule has 3 N–H and O–H groups in total. The van der Waals surface area contributed by atoms with Gasteiger partial charge in [0.1, 0.15) is 0 Å². The van der Waals surface area contributed by atoms with Gasteiger partial charge in [0.05, 0.1) is 16.8 Å². The monoisotopic (exact) mass is 306 g/mol. The average molecular weight is 306 g/mol. The number of aryl methyl sites for hydroxylation is 1. The first kappa shape index (κ1) is 14.1. The normalized spacial score (nSPS) is 15.1. The summed E-state index contributed by atoms with van der Waals surface area (Å²) in [6.07, 6.45) is 5.35. The summed E-state index contributed by atoms with van der Waals surface area (Å²) in [5, 5.41) is 9.71. The number of rotatable bonds is 6. The van der Waals surface area contributed by atoms with Crippen molar-refractivity contribution in [2.24, 2.45) is 0 Å². The van der Waals surface area contributed by atoms with Gasteiger partial charge in [0.2, 0.25) is 0 Å². The summed E-state index contributed by atoms with van der Waals surface area (Å²) in [6.45, 7) is 2.69. The zero-order chi connectivity index (χ0) is 14.9. The third-order valence-corrected chi connectivity index (χ3v) is 4.92. The molecule has 0 unspecified atom stereocenters. The van der Waals surface area contributed by atoms with E-state index in [1.165, 1.54) is 25.2 Å². The van der Waals surface area contributed by atoms with E-state index in [0.717, 1.165) is 11.1 Å². The summed E-state index contributed by atoms with van der Waals surface area (Å²) in [6, 6.07) is 5.79. The van der Waals surface area contributed by atoms with Gasteiger partial charge in [-0.1, -0.05) is 6.07 Å². The molecule has 0 atom stereocenters. The quantitative estimate of drug-likeness (QED) is 0.759. The molecule has 1 aliphatic carbocycles. The van der Waals surface area contributed by atoms with Crippen molar-refractivity contribution >= 4 is 15.7 Å². The van der Waals surface area contributed by atoms with Gasteiger partial charge in [0.25, 0.3) is 10.0 Å². The van der Waals surface area contributed by atoms with E-state index in [-0.39, 0.29) is 4.90 Å². The van der Waals surface area contributed by atoms with Gasteiger partial charge in [-0.05, 0) is 43.0 Å². The minimum absolute atomic E-state index is 0.266. The van der Waals surface area contributed by atoms with Crippen LogP contribution >= 0.6 is 0 Å². The minimum Gasteiger partial charge on any atom is -0.310 e. The fourth-order valence-electron chi connectivity index (χ4n) is 2.07. The number of aromatic amines is 1. The molecule has 112 valence electrons. The Bertz CT molecular complexity index is 721. The van der Waals surface area contributed by atoms with Crippen molar-refractivity contribution in [3.05, 3.63) is 41.7 Å². The second-order valence-electron chi connectivity index (χ2n) is 5.34. The van der Waals surface area contributed by atoms with Crippen LogP contribution in [0.4, 0.5) is 5.69 Å². The van der Waals surface area contributed by atoms with Gasteiger partial charge in [-0.25, -0.2) is 8.42 Å². The molecular formula is C14H18N4O2S.